The van der Waals surface area contributed by atoms with Crippen LogP contribution in [0, 0.1) is 0 Å². The second kappa shape index (κ2) is 10.7. The number of aliphatic hydroxyl groups excluding tert-OH is 7. The summed E-state index contributed by atoms with van der Waals surface area (Å²) in [5.41, 5.74) is 0. The molecule has 0 radical (unpaired) electrons. The van der Waals surface area contributed by atoms with E-state index in [1.165, 1.54) is 13.8 Å². The highest BCUT2D eigenvalue weighted by Gasteiger charge is 2.47. The van der Waals surface area contributed by atoms with Gasteiger partial charge in [-0.2, -0.15) is 4.89 Å². The van der Waals surface area contributed by atoms with Gasteiger partial charge in [-0.1, -0.05) is 0 Å². The Kier molecular flexibility index (Phi) is 8.86. The summed E-state index contributed by atoms with van der Waals surface area (Å²) in [5, 5.41) is 70.9. The molecule has 10 atom stereocenters. The quantitative estimate of drug-likeness (QED) is 0.0843. The van der Waals surface area contributed by atoms with E-state index >= 15 is 0 Å². The van der Waals surface area contributed by atoms with Crippen LogP contribution in [-0.4, -0.2) is 122 Å². The fraction of sp³-hybridized carbons (Fsp3) is 0.875. The lowest BCUT2D eigenvalue weighted by atomic mass is 9.97. The molecule has 2 rings (SSSR count). The van der Waals surface area contributed by atoms with Crippen molar-refractivity contribution in [1.29, 1.82) is 0 Å². The monoisotopic (exact) mass is 440 g/mol. The van der Waals surface area contributed by atoms with Crippen LogP contribution in [0.25, 0.3) is 0 Å². The van der Waals surface area contributed by atoms with E-state index in [2.05, 4.69) is 10.3 Å². The molecule has 0 spiro atoms. The third kappa shape index (κ3) is 5.61. The molecule has 2 aliphatic heterocycles. The van der Waals surface area contributed by atoms with Crippen LogP contribution in [0.15, 0.2) is 4.99 Å². The summed E-state index contributed by atoms with van der Waals surface area (Å²) >= 11 is 0. The van der Waals surface area contributed by atoms with Crippen molar-refractivity contribution < 1.29 is 59.8 Å². The van der Waals surface area contributed by atoms with E-state index in [1.807, 2.05) is 0 Å². The van der Waals surface area contributed by atoms with Gasteiger partial charge in [0.25, 0.3) is 0 Å². The van der Waals surface area contributed by atoms with Crippen LogP contribution >= 0.6 is 0 Å². The molecular weight excluding hydrogens is 412 g/mol. The Labute approximate surface area is 171 Å². The van der Waals surface area contributed by atoms with Gasteiger partial charge in [-0.3, -0.25) is 4.79 Å². The van der Waals surface area contributed by atoms with Gasteiger partial charge in [-0.15, -0.1) is 0 Å². The number of carbonyl (C=O) groups is 1. The molecule has 14 heteroatoms. The lowest BCUT2D eigenvalue weighted by molar-refractivity contribution is -0.347. The lowest BCUT2D eigenvalue weighted by Gasteiger charge is -2.41. The highest BCUT2D eigenvalue weighted by molar-refractivity contribution is 5.73. The van der Waals surface area contributed by atoms with Gasteiger partial charge in [0.1, 0.15) is 42.6 Å². The van der Waals surface area contributed by atoms with Gasteiger partial charge in [-0.05, 0) is 0 Å². The summed E-state index contributed by atoms with van der Waals surface area (Å²) in [6.07, 6.45) is -11.7. The number of rotatable bonds is 6. The smallest absolute Gasteiger partial charge is 0.225 e. The number of ether oxygens (including phenoxy) is 2. The van der Waals surface area contributed by atoms with E-state index in [1.54, 1.807) is 0 Å². The fourth-order valence-corrected chi connectivity index (χ4v) is 3.17. The Balaban J connectivity index is 2.05. The average Bonchev–Trinajstić information content (AvgIpc) is 2.69. The van der Waals surface area contributed by atoms with Gasteiger partial charge >= 0.3 is 0 Å². The number of hydrogen-bond acceptors (Lipinski definition) is 13. The summed E-state index contributed by atoms with van der Waals surface area (Å²) in [6.45, 7) is 1.15. The zero-order valence-corrected chi connectivity index (χ0v) is 16.3. The molecular formula is C16H28N2O12. The van der Waals surface area contributed by atoms with Gasteiger partial charge in [0.2, 0.25) is 11.8 Å². The summed E-state index contributed by atoms with van der Waals surface area (Å²) in [6, 6.07) is -2.64. The van der Waals surface area contributed by atoms with Crippen molar-refractivity contribution in [1.82, 2.24) is 5.32 Å². The molecule has 2 heterocycles. The van der Waals surface area contributed by atoms with Gasteiger partial charge < -0.3 is 55.4 Å². The predicted molar refractivity (Wildman–Crippen MR) is 94.4 cm³/mol. The molecule has 0 unspecified atom stereocenters. The maximum absolute atomic E-state index is 11.3. The molecule has 2 saturated heterocycles. The van der Waals surface area contributed by atoms with Crippen LogP contribution in [0.1, 0.15) is 13.8 Å². The van der Waals surface area contributed by atoms with Gasteiger partial charge in [0.15, 0.2) is 18.7 Å². The molecule has 174 valence electrons. The second-order valence-electron chi connectivity index (χ2n) is 6.98. The third-order valence-electron chi connectivity index (χ3n) is 4.72. The first-order valence-electron chi connectivity index (χ1n) is 9.18. The number of hydrogen-bond donors (Lipinski definition) is 8. The van der Waals surface area contributed by atoms with Crippen molar-refractivity contribution in [2.24, 2.45) is 4.99 Å². The highest BCUT2D eigenvalue weighted by Crippen LogP contribution is 2.24. The highest BCUT2D eigenvalue weighted by atomic mass is 17.2. The van der Waals surface area contributed by atoms with Gasteiger partial charge in [0.05, 0.1) is 13.2 Å². The van der Waals surface area contributed by atoms with Crippen LogP contribution in [-0.2, 0) is 24.0 Å². The number of amides is 1. The fourth-order valence-electron chi connectivity index (χ4n) is 3.17. The SMILES string of the molecule is CC(=O)N[C@@H]1[C@@H](O)[C@H](OOC(C)=N[C@@H]2[C@@H](O)[C@H](O)[C@@H](CO)O[C@H]2O)[C@@H](CO)O[C@H]1O. The molecule has 0 aliphatic carbocycles. The molecule has 2 fully saturated rings. The van der Waals surface area contributed by atoms with E-state index in [4.69, 9.17) is 24.4 Å². The normalized spacial score (nSPS) is 42.6. The van der Waals surface area contributed by atoms with Crippen LogP contribution in [0.3, 0.4) is 0 Å². The van der Waals surface area contributed by atoms with Gasteiger partial charge in [-0.25, -0.2) is 4.99 Å². The standard InChI is InChI=1S/C16H28N2O12/c1-5(21)17-10-13(24)14(8(4-20)28-16(10)26)30-29-6(2)18-9-12(23)11(22)7(3-19)27-15(9)25/h7-16,19-20,22-26H,3-4H2,1-2H3,(H,17,21)/t7-,8-,9-,10-,11-,12-,13-,14-,15-,16-/m1/s1. The minimum Gasteiger partial charge on any atom is -0.394 e. The Hall–Kier alpha value is -1.46. The zero-order chi connectivity index (χ0) is 22.6. The molecule has 30 heavy (non-hydrogen) atoms. The Morgan fingerprint density at radius 3 is 2.10 bits per heavy atom. The molecule has 1 amide bonds. The van der Waals surface area contributed by atoms with E-state index in [9.17, 15) is 35.4 Å². The number of nitrogens with zero attached hydrogens (tertiary/aromatic N) is 1. The summed E-state index contributed by atoms with van der Waals surface area (Å²) in [5.74, 6) is -0.816. The van der Waals surface area contributed by atoms with Crippen molar-refractivity contribution in [3.8, 4) is 0 Å². The summed E-state index contributed by atoms with van der Waals surface area (Å²) < 4.78 is 10.1. The Morgan fingerprint density at radius 2 is 1.53 bits per heavy atom. The van der Waals surface area contributed by atoms with E-state index in [-0.39, 0.29) is 5.90 Å². The molecule has 0 aromatic carbocycles. The number of aliphatic hydroxyl groups is 7. The van der Waals surface area contributed by atoms with Gasteiger partial charge in [0, 0.05) is 13.8 Å². The topological polar surface area (TPSA) is 220 Å². The van der Waals surface area contributed by atoms with Crippen LogP contribution in [0.4, 0.5) is 0 Å². The van der Waals surface area contributed by atoms with Crippen molar-refractivity contribution in [3.63, 3.8) is 0 Å². The van der Waals surface area contributed by atoms with Crippen molar-refractivity contribution >= 4 is 11.8 Å². The molecule has 0 aromatic rings. The van der Waals surface area contributed by atoms with Crippen molar-refractivity contribution in [2.45, 2.75) is 75.1 Å². The van der Waals surface area contributed by atoms with Crippen LogP contribution in [0.5, 0.6) is 0 Å². The van der Waals surface area contributed by atoms with E-state index in [0.29, 0.717) is 0 Å². The maximum Gasteiger partial charge on any atom is 0.225 e. The molecule has 14 nitrogen and oxygen atoms in total. The largest absolute Gasteiger partial charge is 0.394 e. The van der Waals surface area contributed by atoms with Crippen LogP contribution in [0.2, 0.25) is 0 Å². The predicted octanol–water partition coefficient (Wildman–Crippen LogP) is -4.90. The van der Waals surface area contributed by atoms with Crippen LogP contribution < -0.4 is 5.32 Å². The minimum atomic E-state index is -1.66. The first-order chi connectivity index (χ1) is 14.1. The maximum atomic E-state index is 11.3. The first kappa shape index (κ1) is 24.8. The lowest BCUT2D eigenvalue weighted by Crippen LogP contribution is -2.64. The minimum absolute atomic E-state index is 0.262. The number of aliphatic imine (C=N–C) groups is 1. The molecule has 0 bridgehead atoms. The number of nitrogens with one attached hydrogen (secondary N) is 1. The second-order valence-corrected chi connectivity index (χ2v) is 6.98. The summed E-state index contributed by atoms with van der Waals surface area (Å²) in [4.78, 5) is 25.1. The summed E-state index contributed by atoms with van der Waals surface area (Å²) in [7, 11) is 0. The zero-order valence-electron chi connectivity index (χ0n) is 16.3. The van der Waals surface area contributed by atoms with E-state index in [0.717, 1.165) is 0 Å². The Bertz CT molecular complexity index is 607. The van der Waals surface area contributed by atoms with E-state index < -0.39 is 80.4 Å². The molecule has 0 saturated carbocycles. The van der Waals surface area contributed by atoms with Crippen molar-refractivity contribution in [2.75, 3.05) is 13.2 Å². The third-order valence-corrected chi connectivity index (χ3v) is 4.72. The van der Waals surface area contributed by atoms with Crippen molar-refractivity contribution in [3.05, 3.63) is 0 Å². The average molecular weight is 440 g/mol. The molecule has 0 aromatic heterocycles. The first-order valence-corrected chi connectivity index (χ1v) is 9.18. The number of carbonyl (C=O) groups excluding carboxylic acids is 1. The molecule has 2 aliphatic rings. The Morgan fingerprint density at radius 1 is 0.933 bits per heavy atom. The molecule has 8 N–H and O–H groups in total.